The molecule has 1 heterocycles. The molecule has 1 N–H and O–H groups in total. The average molecular weight is 443 g/mol. The molecule has 0 aromatic heterocycles. The number of anilines is 1. The Hall–Kier alpha value is -3.32. The number of aryl methyl sites for hydroxylation is 1. The van der Waals surface area contributed by atoms with Gasteiger partial charge in [0.25, 0.3) is 11.8 Å². The number of carbonyl (C=O) groups excluding carboxylic acids is 3. The van der Waals surface area contributed by atoms with Crippen molar-refractivity contribution >= 4 is 41.2 Å². The Morgan fingerprint density at radius 1 is 1.06 bits per heavy atom. The van der Waals surface area contributed by atoms with Gasteiger partial charge < -0.3 is 9.47 Å². The van der Waals surface area contributed by atoms with Crippen molar-refractivity contribution in [3.8, 4) is 11.5 Å². The quantitative estimate of drug-likeness (QED) is 0.528. The third-order valence-electron chi connectivity index (χ3n) is 4.85. The molecule has 162 valence electrons. The topological polar surface area (TPSA) is 84.9 Å². The van der Waals surface area contributed by atoms with Crippen molar-refractivity contribution in [2.45, 2.75) is 27.7 Å². The molecule has 4 amide bonds. The second kappa shape index (κ2) is 9.22. The van der Waals surface area contributed by atoms with E-state index in [1.165, 1.54) is 6.08 Å². The van der Waals surface area contributed by atoms with Crippen LogP contribution in [0.5, 0.6) is 11.5 Å². The molecule has 3 rings (SSSR count). The number of hydrogen-bond donors (Lipinski definition) is 1. The van der Waals surface area contributed by atoms with Crippen LogP contribution in [0.25, 0.3) is 6.08 Å². The van der Waals surface area contributed by atoms with E-state index in [9.17, 15) is 14.4 Å². The number of benzene rings is 2. The van der Waals surface area contributed by atoms with Gasteiger partial charge in [-0.25, -0.2) is 9.69 Å². The van der Waals surface area contributed by atoms with E-state index in [1.807, 2.05) is 33.8 Å². The van der Waals surface area contributed by atoms with Crippen LogP contribution in [0, 0.1) is 13.8 Å². The highest BCUT2D eigenvalue weighted by molar-refractivity contribution is 6.39. The molecule has 0 bridgehead atoms. The summed E-state index contributed by atoms with van der Waals surface area (Å²) in [6, 6.07) is 7.70. The standard InChI is InChI=1S/C23H23ClN2O5/c1-5-30-19-12-15(11-17(24)20(19)31-6-2)10-16-21(27)25-23(29)26(22(16)28)18-9-7-8-13(3)14(18)4/h7-12H,5-6H2,1-4H3,(H,25,27,29)/b16-10+. The number of barbiturate groups is 1. The van der Waals surface area contributed by atoms with Gasteiger partial charge in [-0.2, -0.15) is 0 Å². The van der Waals surface area contributed by atoms with Crippen molar-refractivity contribution in [3.05, 3.63) is 57.6 Å². The van der Waals surface area contributed by atoms with Gasteiger partial charge in [0.05, 0.1) is 23.9 Å². The molecule has 7 nitrogen and oxygen atoms in total. The first-order valence-electron chi connectivity index (χ1n) is 9.85. The van der Waals surface area contributed by atoms with Crippen molar-refractivity contribution in [2.24, 2.45) is 0 Å². The zero-order valence-electron chi connectivity index (χ0n) is 17.7. The van der Waals surface area contributed by atoms with Crippen molar-refractivity contribution in [1.82, 2.24) is 5.32 Å². The maximum atomic E-state index is 13.2. The third-order valence-corrected chi connectivity index (χ3v) is 5.13. The Morgan fingerprint density at radius 2 is 1.77 bits per heavy atom. The Labute approximate surface area is 185 Å². The number of imide groups is 2. The number of rotatable bonds is 6. The van der Waals surface area contributed by atoms with Crippen molar-refractivity contribution in [2.75, 3.05) is 18.1 Å². The lowest BCUT2D eigenvalue weighted by Gasteiger charge is -2.28. The summed E-state index contributed by atoms with van der Waals surface area (Å²) in [5.74, 6) is -0.709. The fraction of sp³-hybridized carbons (Fsp3) is 0.261. The smallest absolute Gasteiger partial charge is 0.335 e. The number of urea groups is 1. The highest BCUT2D eigenvalue weighted by Crippen LogP contribution is 2.37. The SMILES string of the molecule is CCOc1cc(/C=C2\C(=O)NC(=O)N(c3cccc(C)c3C)C2=O)cc(Cl)c1OCC. The highest BCUT2D eigenvalue weighted by Gasteiger charge is 2.37. The van der Waals surface area contributed by atoms with E-state index in [2.05, 4.69) is 5.32 Å². The van der Waals surface area contributed by atoms with Gasteiger partial charge in [0, 0.05) is 0 Å². The van der Waals surface area contributed by atoms with Crippen LogP contribution in [-0.4, -0.2) is 31.1 Å². The van der Waals surface area contributed by atoms with Gasteiger partial charge in [0.1, 0.15) is 5.57 Å². The second-order valence-electron chi connectivity index (χ2n) is 6.87. The van der Waals surface area contributed by atoms with E-state index in [1.54, 1.807) is 24.3 Å². The van der Waals surface area contributed by atoms with Crippen molar-refractivity contribution < 1.29 is 23.9 Å². The monoisotopic (exact) mass is 442 g/mol. The van der Waals surface area contributed by atoms with Gasteiger partial charge >= 0.3 is 6.03 Å². The molecule has 1 aliphatic heterocycles. The lowest BCUT2D eigenvalue weighted by molar-refractivity contribution is -0.122. The van der Waals surface area contributed by atoms with Crippen LogP contribution < -0.4 is 19.7 Å². The number of nitrogens with zero attached hydrogens (tertiary/aromatic N) is 1. The van der Waals surface area contributed by atoms with Gasteiger partial charge in [-0.05, 0) is 68.7 Å². The van der Waals surface area contributed by atoms with E-state index in [-0.39, 0.29) is 10.6 Å². The minimum absolute atomic E-state index is 0.191. The van der Waals surface area contributed by atoms with E-state index in [0.29, 0.717) is 36.0 Å². The van der Waals surface area contributed by atoms with Crippen LogP contribution >= 0.6 is 11.6 Å². The molecule has 0 spiro atoms. The lowest BCUT2D eigenvalue weighted by atomic mass is 10.0. The van der Waals surface area contributed by atoms with Gasteiger partial charge in [-0.1, -0.05) is 23.7 Å². The lowest BCUT2D eigenvalue weighted by Crippen LogP contribution is -2.54. The van der Waals surface area contributed by atoms with Gasteiger partial charge in [0.15, 0.2) is 11.5 Å². The minimum atomic E-state index is -0.791. The number of hydrogen-bond acceptors (Lipinski definition) is 5. The molecule has 1 aliphatic rings. The molecule has 2 aromatic rings. The zero-order valence-corrected chi connectivity index (χ0v) is 18.5. The van der Waals surface area contributed by atoms with E-state index in [0.717, 1.165) is 16.0 Å². The van der Waals surface area contributed by atoms with E-state index in [4.69, 9.17) is 21.1 Å². The fourth-order valence-corrected chi connectivity index (χ4v) is 3.51. The van der Waals surface area contributed by atoms with E-state index >= 15 is 0 Å². The summed E-state index contributed by atoms with van der Waals surface area (Å²) in [4.78, 5) is 39.1. The minimum Gasteiger partial charge on any atom is -0.490 e. The summed E-state index contributed by atoms with van der Waals surface area (Å²) < 4.78 is 11.1. The predicted octanol–water partition coefficient (Wildman–Crippen LogP) is 4.42. The summed E-state index contributed by atoms with van der Waals surface area (Å²) in [5.41, 5.74) is 2.37. The maximum absolute atomic E-state index is 13.2. The van der Waals surface area contributed by atoms with Crippen LogP contribution in [0.3, 0.4) is 0 Å². The largest absolute Gasteiger partial charge is 0.490 e. The van der Waals surface area contributed by atoms with Crippen LogP contribution in [0.4, 0.5) is 10.5 Å². The molecular formula is C23H23ClN2O5. The van der Waals surface area contributed by atoms with Gasteiger partial charge in [-0.15, -0.1) is 0 Å². The predicted molar refractivity (Wildman–Crippen MR) is 119 cm³/mol. The number of ether oxygens (including phenoxy) is 2. The molecule has 0 saturated carbocycles. The molecule has 0 unspecified atom stereocenters. The summed E-state index contributed by atoms with van der Waals surface area (Å²) in [6.45, 7) is 8.11. The van der Waals surface area contributed by atoms with Crippen molar-refractivity contribution in [3.63, 3.8) is 0 Å². The summed E-state index contributed by atoms with van der Waals surface area (Å²) >= 11 is 6.34. The Morgan fingerprint density at radius 3 is 2.45 bits per heavy atom. The number of carbonyl (C=O) groups is 3. The Kier molecular flexibility index (Phi) is 6.65. The third kappa shape index (κ3) is 4.41. The second-order valence-corrected chi connectivity index (χ2v) is 7.28. The Balaban J connectivity index is 2.07. The Bertz CT molecular complexity index is 1090. The van der Waals surface area contributed by atoms with Gasteiger partial charge in [-0.3, -0.25) is 14.9 Å². The first-order valence-corrected chi connectivity index (χ1v) is 10.2. The van der Waals surface area contributed by atoms with Crippen LogP contribution in [0.15, 0.2) is 35.9 Å². The summed E-state index contributed by atoms with van der Waals surface area (Å²) in [6.07, 6.45) is 1.38. The zero-order chi connectivity index (χ0) is 22.7. The fourth-order valence-electron chi connectivity index (χ4n) is 3.24. The molecule has 8 heteroatoms. The number of amides is 4. The van der Waals surface area contributed by atoms with Gasteiger partial charge in [0.2, 0.25) is 0 Å². The summed E-state index contributed by atoms with van der Waals surface area (Å²) in [7, 11) is 0. The molecule has 0 atom stereocenters. The van der Waals surface area contributed by atoms with Crippen LogP contribution in [0.1, 0.15) is 30.5 Å². The average Bonchev–Trinajstić information content (AvgIpc) is 2.71. The number of nitrogens with one attached hydrogen (secondary N) is 1. The molecule has 2 aromatic carbocycles. The molecule has 0 radical (unpaired) electrons. The normalized spacial score (nSPS) is 15.3. The molecular weight excluding hydrogens is 420 g/mol. The van der Waals surface area contributed by atoms with E-state index < -0.39 is 17.8 Å². The first kappa shape index (κ1) is 22.4. The molecule has 31 heavy (non-hydrogen) atoms. The highest BCUT2D eigenvalue weighted by atomic mass is 35.5. The van der Waals surface area contributed by atoms with Crippen molar-refractivity contribution in [1.29, 1.82) is 0 Å². The molecule has 1 fully saturated rings. The van der Waals surface area contributed by atoms with Crippen LogP contribution in [0.2, 0.25) is 5.02 Å². The summed E-state index contributed by atoms with van der Waals surface area (Å²) in [5, 5.41) is 2.51. The number of halogens is 1. The first-order chi connectivity index (χ1) is 14.8. The maximum Gasteiger partial charge on any atom is 0.335 e. The molecule has 1 saturated heterocycles. The van der Waals surface area contributed by atoms with Crippen LogP contribution in [-0.2, 0) is 9.59 Å². The molecule has 0 aliphatic carbocycles.